The minimum atomic E-state index is -0.202. The minimum absolute atomic E-state index is 0.129. The number of nitrogens with one attached hydrogen (secondary N) is 2. The lowest BCUT2D eigenvalue weighted by Crippen LogP contribution is -2.28. The third-order valence-electron chi connectivity index (χ3n) is 3.53. The van der Waals surface area contributed by atoms with Gasteiger partial charge in [-0.3, -0.25) is 14.3 Å². The molecule has 0 saturated carbocycles. The number of aromatic nitrogens is 4. The molecule has 124 valence electrons. The Labute approximate surface area is 142 Å². The number of carbonyl (C=O) groups excluding carboxylic acids is 1. The first-order valence-corrected chi connectivity index (χ1v) is 8.41. The van der Waals surface area contributed by atoms with Crippen LogP contribution < -0.4 is 10.9 Å². The van der Waals surface area contributed by atoms with E-state index in [0.29, 0.717) is 16.1 Å². The zero-order valence-electron chi connectivity index (χ0n) is 13.3. The molecule has 7 nitrogen and oxygen atoms in total. The third kappa shape index (κ3) is 3.65. The first-order valence-electron chi connectivity index (χ1n) is 7.42. The minimum Gasteiger partial charge on any atom is -0.349 e. The fourth-order valence-corrected chi connectivity index (χ4v) is 2.98. The van der Waals surface area contributed by atoms with Gasteiger partial charge < -0.3 is 10.3 Å². The molecule has 0 aliphatic rings. The maximum atomic E-state index is 12.1. The molecule has 0 fully saturated rings. The molecule has 0 unspecified atom stereocenters. The molecule has 0 aliphatic carbocycles. The van der Waals surface area contributed by atoms with Crippen LogP contribution in [0.1, 0.15) is 18.5 Å². The van der Waals surface area contributed by atoms with E-state index in [4.69, 9.17) is 0 Å². The predicted molar refractivity (Wildman–Crippen MR) is 92.9 cm³/mol. The second-order valence-electron chi connectivity index (χ2n) is 5.41. The van der Waals surface area contributed by atoms with Crippen molar-refractivity contribution in [2.45, 2.75) is 18.1 Å². The lowest BCUT2D eigenvalue weighted by molar-refractivity contribution is -0.119. The lowest BCUT2D eigenvalue weighted by Gasteiger charge is -2.11. The number of para-hydroxylation sites is 1. The molecular weight excluding hydrogens is 326 g/mol. The maximum Gasteiger partial charge on any atom is 0.259 e. The molecule has 0 saturated heterocycles. The van der Waals surface area contributed by atoms with Gasteiger partial charge in [-0.25, -0.2) is 4.98 Å². The summed E-state index contributed by atoms with van der Waals surface area (Å²) < 4.78 is 1.69. The summed E-state index contributed by atoms with van der Waals surface area (Å²) >= 11 is 1.20. The van der Waals surface area contributed by atoms with Crippen LogP contribution in [-0.2, 0) is 11.8 Å². The van der Waals surface area contributed by atoms with E-state index in [1.807, 2.05) is 26.2 Å². The topological polar surface area (TPSA) is 92.7 Å². The second-order valence-corrected chi connectivity index (χ2v) is 6.38. The number of hydrogen-bond donors (Lipinski definition) is 2. The van der Waals surface area contributed by atoms with Crippen molar-refractivity contribution in [1.29, 1.82) is 0 Å². The summed E-state index contributed by atoms with van der Waals surface area (Å²) in [7, 11) is 1.83. The van der Waals surface area contributed by atoms with Crippen molar-refractivity contribution in [2.75, 3.05) is 5.75 Å². The van der Waals surface area contributed by atoms with Gasteiger partial charge in [0.05, 0.1) is 28.9 Å². The van der Waals surface area contributed by atoms with Crippen molar-refractivity contribution in [2.24, 2.45) is 7.05 Å². The molecule has 24 heavy (non-hydrogen) atoms. The van der Waals surface area contributed by atoms with Gasteiger partial charge in [0.25, 0.3) is 5.56 Å². The van der Waals surface area contributed by atoms with Crippen LogP contribution in [0.3, 0.4) is 0 Å². The lowest BCUT2D eigenvalue weighted by atomic mass is 10.2. The van der Waals surface area contributed by atoms with E-state index in [9.17, 15) is 9.59 Å². The number of fused-ring (bicyclic) bond motifs is 1. The molecule has 8 heteroatoms. The summed E-state index contributed by atoms with van der Waals surface area (Å²) in [5.41, 5.74) is 1.35. The second kappa shape index (κ2) is 6.88. The quantitative estimate of drug-likeness (QED) is 0.542. The van der Waals surface area contributed by atoms with Crippen LogP contribution in [-0.4, -0.2) is 31.4 Å². The van der Waals surface area contributed by atoms with Gasteiger partial charge in [0.1, 0.15) is 0 Å². The smallest absolute Gasteiger partial charge is 0.259 e. The van der Waals surface area contributed by atoms with Gasteiger partial charge >= 0.3 is 0 Å². The highest BCUT2D eigenvalue weighted by atomic mass is 32.2. The van der Waals surface area contributed by atoms with Gasteiger partial charge in [0.2, 0.25) is 5.91 Å². The number of thioether (sulfide) groups is 1. The number of nitrogens with zero attached hydrogens (tertiary/aromatic N) is 3. The normalized spacial score (nSPS) is 12.2. The van der Waals surface area contributed by atoms with Gasteiger partial charge in [-0.1, -0.05) is 23.9 Å². The van der Waals surface area contributed by atoms with E-state index in [-0.39, 0.29) is 23.3 Å². The average Bonchev–Trinajstić information content (AvgIpc) is 3.00. The summed E-state index contributed by atoms with van der Waals surface area (Å²) in [4.78, 5) is 31.1. The van der Waals surface area contributed by atoms with E-state index >= 15 is 0 Å². The summed E-state index contributed by atoms with van der Waals surface area (Å²) in [6, 6.07) is 6.98. The molecule has 0 aliphatic heterocycles. The Kier molecular flexibility index (Phi) is 4.66. The monoisotopic (exact) mass is 343 g/mol. The molecule has 2 heterocycles. The fourth-order valence-electron chi connectivity index (χ4n) is 2.30. The number of rotatable bonds is 5. The van der Waals surface area contributed by atoms with E-state index in [1.165, 1.54) is 11.8 Å². The molecule has 0 bridgehead atoms. The maximum absolute atomic E-state index is 12.1. The zero-order valence-corrected chi connectivity index (χ0v) is 14.1. The highest BCUT2D eigenvalue weighted by molar-refractivity contribution is 7.99. The van der Waals surface area contributed by atoms with Crippen molar-refractivity contribution >= 4 is 28.6 Å². The van der Waals surface area contributed by atoms with E-state index in [0.717, 1.165) is 5.56 Å². The van der Waals surface area contributed by atoms with Crippen molar-refractivity contribution in [1.82, 2.24) is 25.1 Å². The van der Waals surface area contributed by atoms with Gasteiger partial charge in [0.15, 0.2) is 5.16 Å². The summed E-state index contributed by atoms with van der Waals surface area (Å²) in [6.07, 6.45) is 3.58. The largest absolute Gasteiger partial charge is 0.349 e. The number of aromatic amines is 1. The Morgan fingerprint density at radius 2 is 2.21 bits per heavy atom. The Balaban J connectivity index is 1.63. The summed E-state index contributed by atoms with van der Waals surface area (Å²) in [5, 5.41) is 7.96. The molecule has 0 spiro atoms. The Bertz CT molecular complexity index is 933. The Morgan fingerprint density at radius 3 is 2.96 bits per heavy atom. The van der Waals surface area contributed by atoms with Crippen molar-refractivity contribution in [3.8, 4) is 0 Å². The van der Waals surface area contributed by atoms with Gasteiger partial charge in [-0.05, 0) is 19.1 Å². The molecule has 1 aromatic carbocycles. The standard InChI is InChI=1S/C16H17N5O2S/c1-10(11-7-17-21(2)8-11)18-14(22)9-24-16-19-13-6-4-3-5-12(13)15(23)20-16/h3-8,10H,9H2,1-2H3,(H,18,22)(H,19,20,23)/t10-/m0/s1. The molecule has 1 amide bonds. The molecule has 3 rings (SSSR count). The number of carbonyl (C=O) groups is 1. The Morgan fingerprint density at radius 1 is 1.42 bits per heavy atom. The predicted octanol–water partition coefficient (Wildman–Crippen LogP) is 1.63. The summed E-state index contributed by atoms with van der Waals surface area (Å²) in [5.74, 6) is 0.0402. The van der Waals surface area contributed by atoms with Crippen LogP contribution >= 0.6 is 11.8 Å². The van der Waals surface area contributed by atoms with Crippen LogP contribution in [0.25, 0.3) is 10.9 Å². The highest BCUT2D eigenvalue weighted by Gasteiger charge is 2.12. The number of aryl methyl sites for hydroxylation is 1. The average molecular weight is 343 g/mol. The van der Waals surface area contributed by atoms with Crippen LogP contribution in [0, 0.1) is 0 Å². The summed E-state index contributed by atoms with van der Waals surface area (Å²) in [6.45, 7) is 1.90. The number of H-pyrrole nitrogens is 1. The third-order valence-corrected chi connectivity index (χ3v) is 4.41. The number of amides is 1. The van der Waals surface area contributed by atoms with Crippen molar-refractivity contribution in [3.05, 3.63) is 52.6 Å². The van der Waals surface area contributed by atoms with E-state index < -0.39 is 0 Å². The molecule has 0 radical (unpaired) electrons. The van der Waals surface area contributed by atoms with Crippen molar-refractivity contribution < 1.29 is 4.79 Å². The number of benzene rings is 1. The van der Waals surface area contributed by atoms with Crippen LogP contribution in [0.4, 0.5) is 0 Å². The highest BCUT2D eigenvalue weighted by Crippen LogP contribution is 2.15. The molecule has 2 N–H and O–H groups in total. The zero-order chi connectivity index (χ0) is 17.1. The molecular formula is C16H17N5O2S. The molecule has 3 aromatic rings. The van der Waals surface area contributed by atoms with Crippen LogP contribution in [0.2, 0.25) is 0 Å². The molecule has 1 atom stereocenters. The van der Waals surface area contributed by atoms with Crippen LogP contribution in [0.5, 0.6) is 0 Å². The van der Waals surface area contributed by atoms with Gasteiger partial charge in [0, 0.05) is 18.8 Å². The first-order chi connectivity index (χ1) is 11.5. The van der Waals surface area contributed by atoms with E-state index in [1.54, 1.807) is 29.1 Å². The molecule has 2 aromatic heterocycles. The first kappa shape index (κ1) is 16.3. The SMILES string of the molecule is C[C@H](NC(=O)CSc1nc2ccccc2c(=O)[nH]1)c1cnn(C)c1. The van der Waals surface area contributed by atoms with Gasteiger partial charge in [-0.2, -0.15) is 5.10 Å². The fraction of sp³-hybridized carbons (Fsp3) is 0.250. The number of hydrogen-bond acceptors (Lipinski definition) is 5. The van der Waals surface area contributed by atoms with E-state index in [2.05, 4.69) is 20.4 Å². The van der Waals surface area contributed by atoms with Crippen LogP contribution in [0.15, 0.2) is 46.6 Å². The van der Waals surface area contributed by atoms with Gasteiger partial charge in [-0.15, -0.1) is 0 Å². The Hall–Kier alpha value is -2.61. The van der Waals surface area contributed by atoms with Crippen molar-refractivity contribution in [3.63, 3.8) is 0 Å².